The van der Waals surface area contributed by atoms with E-state index < -0.39 is 8.32 Å². The topological polar surface area (TPSA) is 52.6 Å². The summed E-state index contributed by atoms with van der Waals surface area (Å²) in [5, 5.41) is 2.68. The van der Waals surface area contributed by atoms with E-state index in [0.29, 0.717) is 25.1 Å². The Morgan fingerprint density at radius 2 is 1.27 bits per heavy atom. The van der Waals surface area contributed by atoms with Crippen molar-refractivity contribution in [3.8, 4) is 0 Å². The number of ketones is 1. The zero-order valence-electron chi connectivity index (χ0n) is 25.7. The molecule has 40 heavy (non-hydrogen) atoms. The van der Waals surface area contributed by atoms with Crippen molar-refractivity contribution in [1.82, 2.24) is 0 Å². The van der Waals surface area contributed by atoms with Gasteiger partial charge in [0.2, 0.25) is 0 Å². The largest absolute Gasteiger partial charge is 0.465 e. The first-order chi connectivity index (χ1) is 19.3. The lowest BCUT2D eigenvalue weighted by Crippen LogP contribution is -2.66. The van der Waals surface area contributed by atoms with Crippen LogP contribution in [0.2, 0.25) is 5.04 Å². The SMILES string of the molecule is CCCCC[C@@H](CCCC(=O)CCCCCCCCO[Si](c1ccccc1)(c1ccccc1)C(C)(C)C)OC=O. The molecule has 0 radical (unpaired) electrons. The molecule has 0 spiro atoms. The second-order valence-corrected chi connectivity index (χ2v) is 16.5. The Balaban J connectivity index is 1.69. The van der Waals surface area contributed by atoms with Crippen LogP contribution in [-0.4, -0.2) is 33.3 Å². The van der Waals surface area contributed by atoms with Crippen molar-refractivity contribution in [3.05, 3.63) is 60.7 Å². The van der Waals surface area contributed by atoms with Gasteiger partial charge in [-0.1, -0.05) is 127 Å². The van der Waals surface area contributed by atoms with Crippen molar-refractivity contribution in [2.45, 2.75) is 129 Å². The van der Waals surface area contributed by atoms with E-state index in [1.165, 1.54) is 23.2 Å². The third-order valence-electron chi connectivity index (χ3n) is 7.94. The number of Topliss-reactive ketones (excluding diaryl/α,β-unsaturated/α-hetero) is 1. The highest BCUT2D eigenvalue weighted by Gasteiger charge is 2.49. The van der Waals surface area contributed by atoms with E-state index in [1.807, 2.05) is 0 Å². The van der Waals surface area contributed by atoms with Gasteiger partial charge >= 0.3 is 0 Å². The van der Waals surface area contributed by atoms with Gasteiger partial charge in [0.1, 0.15) is 11.9 Å². The minimum atomic E-state index is -2.44. The monoisotopic (exact) mass is 566 g/mol. The summed E-state index contributed by atoms with van der Waals surface area (Å²) in [6.07, 6.45) is 13.8. The second-order valence-electron chi connectivity index (χ2n) is 12.2. The van der Waals surface area contributed by atoms with Crippen LogP contribution in [0.3, 0.4) is 0 Å². The normalized spacial score (nSPS) is 12.7. The summed E-state index contributed by atoms with van der Waals surface area (Å²) in [4.78, 5) is 23.0. The Labute approximate surface area is 245 Å². The third-order valence-corrected chi connectivity index (χ3v) is 13.0. The van der Waals surface area contributed by atoms with Crippen LogP contribution < -0.4 is 10.4 Å². The summed E-state index contributed by atoms with van der Waals surface area (Å²) in [5.74, 6) is 0.345. The molecule has 5 heteroatoms. The van der Waals surface area contributed by atoms with Gasteiger partial charge in [-0.05, 0) is 53.9 Å². The summed E-state index contributed by atoms with van der Waals surface area (Å²) in [5.41, 5.74) is 0. The first kappa shape index (κ1) is 34.0. The molecule has 0 aliphatic carbocycles. The Morgan fingerprint density at radius 3 is 1.82 bits per heavy atom. The number of rotatable bonds is 22. The van der Waals surface area contributed by atoms with Gasteiger partial charge in [-0.2, -0.15) is 0 Å². The van der Waals surface area contributed by atoms with Gasteiger partial charge in [0.05, 0.1) is 0 Å². The molecule has 0 aliphatic rings. The average molecular weight is 567 g/mol. The molecule has 0 aliphatic heterocycles. The summed E-state index contributed by atoms with van der Waals surface area (Å²) in [6, 6.07) is 21.7. The van der Waals surface area contributed by atoms with E-state index in [9.17, 15) is 9.59 Å². The van der Waals surface area contributed by atoms with Gasteiger partial charge in [0.25, 0.3) is 14.8 Å². The molecule has 0 heterocycles. The highest BCUT2D eigenvalue weighted by Crippen LogP contribution is 2.36. The van der Waals surface area contributed by atoms with Gasteiger partial charge in [0, 0.05) is 19.4 Å². The minimum Gasteiger partial charge on any atom is -0.465 e. The quantitative estimate of drug-likeness (QED) is 0.0820. The molecule has 0 N–H and O–H groups in total. The fraction of sp³-hybridized carbons (Fsp3) is 0.600. The molecule has 0 saturated heterocycles. The van der Waals surface area contributed by atoms with Crippen LogP contribution in [-0.2, 0) is 18.8 Å². The van der Waals surface area contributed by atoms with Gasteiger partial charge in [-0.25, -0.2) is 0 Å². The van der Waals surface area contributed by atoms with E-state index in [0.717, 1.165) is 70.8 Å². The fourth-order valence-electron chi connectivity index (χ4n) is 5.75. The van der Waals surface area contributed by atoms with Crippen molar-refractivity contribution in [2.24, 2.45) is 0 Å². The van der Waals surface area contributed by atoms with Crippen LogP contribution >= 0.6 is 0 Å². The zero-order valence-corrected chi connectivity index (χ0v) is 26.7. The van der Waals surface area contributed by atoms with Gasteiger partial charge in [0.15, 0.2) is 0 Å². The molecule has 2 aromatic carbocycles. The van der Waals surface area contributed by atoms with Crippen LogP contribution in [0.4, 0.5) is 0 Å². The number of ether oxygens (including phenoxy) is 1. The standard InChI is InChI=1S/C35H54O4Si/c1-5-6-13-23-32(38-30-36)24-20-22-31(37)21-14-9-7-8-10-19-29-39-40(35(2,3)4,33-25-15-11-16-26-33)34-27-17-12-18-28-34/h11-12,15-18,25-28,30,32H,5-10,13-14,19-24,29H2,1-4H3/t32-/m0/s1. The van der Waals surface area contributed by atoms with E-state index >= 15 is 0 Å². The van der Waals surface area contributed by atoms with Gasteiger partial charge < -0.3 is 9.16 Å². The molecule has 4 nitrogen and oxygen atoms in total. The van der Waals surface area contributed by atoms with Gasteiger partial charge in [-0.3, -0.25) is 9.59 Å². The number of hydrogen-bond donors (Lipinski definition) is 0. The maximum atomic E-state index is 12.3. The van der Waals surface area contributed by atoms with E-state index in [1.54, 1.807) is 0 Å². The first-order valence-corrected chi connectivity index (χ1v) is 17.6. The van der Waals surface area contributed by atoms with E-state index in [4.69, 9.17) is 9.16 Å². The second kappa shape index (κ2) is 19.0. The van der Waals surface area contributed by atoms with Crippen LogP contribution in [0.25, 0.3) is 0 Å². The maximum absolute atomic E-state index is 12.3. The van der Waals surface area contributed by atoms with Crippen LogP contribution in [0.15, 0.2) is 60.7 Å². The molecule has 0 fully saturated rings. The molecule has 2 rings (SSSR count). The Morgan fingerprint density at radius 1 is 0.750 bits per heavy atom. The van der Waals surface area contributed by atoms with Crippen molar-refractivity contribution in [3.63, 3.8) is 0 Å². The van der Waals surface area contributed by atoms with Gasteiger partial charge in [-0.15, -0.1) is 0 Å². The highest BCUT2D eigenvalue weighted by atomic mass is 28.4. The predicted molar refractivity (Wildman–Crippen MR) is 170 cm³/mol. The van der Waals surface area contributed by atoms with Crippen LogP contribution in [0.5, 0.6) is 0 Å². The number of benzene rings is 2. The molecule has 2 aromatic rings. The molecule has 0 unspecified atom stereocenters. The number of carbonyl (C=O) groups excluding carboxylic acids is 2. The van der Waals surface area contributed by atoms with E-state index in [-0.39, 0.29) is 11.1 Å². The van der Waals surface area contributed by atoms with Crippen LogP contribution in [0, 0.1) is 0 Å². The fourth-order valence-corrected chi connectivity index (χ4v) is 10.4. The molecular weight excluding hydrogens is 512 g/mol. The number of carbonyl (C=O) groups is 2. The van der Waals surface area contributed by atoms with Crippen molar-refractivity contribution in [2.75, 3.05) is 6.61 Å². The van der Waals surface area contributed by atoms with Crippen molar-refractivity contribution in [1.29, 1.82) is 0 Å². The molecule has 0 saturated carbocycles. The summed E-state index contributed by atoms with van der Waals surface area (Å²) in [6.45, 7) is 10.5. The van der Waals surface area contributed by atoms with Crippen LogP contribution in [0.1, 0.15) is 118 Å². The summed E-state index contributed by atoms with van der Waals surface area (Å²) < 4.78 is 12.2. The maximum Gasteiger partial charge on any atom is 0.293 e. The Hall–Kier alpha value is -2.24. The lowest BCUT2D eigenvalue weighted by atomic mass is 10.0. The predicted octanol–water partition coefficient (Wildman–Crippen LogP) is 8.16. The zero-order chi connectivity index (χ0) is 29.1. The molecule has 0 bridgehead atoms. The average Bonchev–Trinajstić information content (AvgIpc) is 2.94. The number of hydrogen-bond acceptors (Lipinski definition) is 4. The smallest absolute Gasteiger partial charge is 0.293 e. The molecule has 0 amide bonds. The van der Waals surface area contributed by atoms with Crippen molar-refractivity contribution >= 4 is 30.9 Å². The number of unbranched alkanes of at least 4 members (excludes halogenated alkanes) is 7. The summed E-state index contributed by atoms with van der Waals surface area (Å²) in [7, 11) is -2.44. The summed E-state index contributed by atoms with van der Waals surface area (Å²) >= 11 is 0. The highest BCUT2D eigenvalue weighted by molar-refractivity contribution is 6.99. The molecular formula is C35H54O4Si. The lowest BCUT2D eigenvalue weighted by Gasteiger charge is -2.43. The lowest BCUT2D eigenvalue weighted by molar-refractivity contribution is -0.134. The first-order valence-electron chi connectivity index (χ1n) is 15.7. The minimum absolute atomic E-state index is 0.0136. The van der Waals surface area contributed by atoms with Crippen molar-refractivity contribution < 1.29 is 18.8 Å². The Kier molecular flexibility index (Phi) is 16.1. The molecule has 0 aromatic heterocycles. The molecule has 222 valence electrons. The van der Waals surface area contributed by atoms with E-state index in [2.05, 4.69) is 88.4 Å². The molecule has 1 atom stereocenters. The third kappa shape index (κ3) is 11.3. The Bertz CT molecular complexity index is 899.